The summed E-state index contributed by atoms with van der Waals surface area (Å²) >= 11 is 0. The van der Waals surface area contributed by atoms with Gasteiger partial charge < -0.3 is 24.6 Å². The third-order valence-electron chi connectivity index (χ3n) is 6.53. The molecule has 1 amide bonds. The number of carboxylic acid groups (broad SMARTS) is 1. The van der Waals surface area contributed by atoms with Crippen LogP contribution in [0.1, 0.15) is 43.4 Å². The highest BCUT2D eigenvalue weighted by molar-refractivity contribution is 5.82. The Morgan fingerprint density at radius 2 is 1.85 bits per heavy atom. The molecule has 176 valence electrons. The summed E-state index contributed by atoms with van der Waals surface area (Å²) in [4.78, 5) is 27.5. The van der Waals surface area contributed by atoms with E-state index in [2.05, 4.69) is 5.32 Å². The van der Waals surface area contributed by atoms with E-state index in [1.54, 1.807) is 7.11 Å². The van der Waals surface area contributed by atoms with Gasteiger partial charge in [-0.25, -0.2) is 0 Å². The monoisotopic (exact) mass is 454 g/mol. The molecule has 4 rings (SSSR count). The Morgan fingerprint density at radius 3 is 2.52 bits per heavy atom. The highest BCUT2D eigenvalue weighted by Gasteiger charge is 2.50. The van der Waals surface area contributed by atoms with Gasteiger partial charge in [0, 0.05) is 25.0 Å². The summed E-state index contributed by atoms with van der Waals surface area (Å²) in [6.45, 7) is 4.99. The zero-order valence-corrected chi connectivity index (χ0v) is 19.1. The number of carbonyl (C=O) groups is 2. The fraction of sp³-hybridized carbons (Fsp3) is 0.440. The standard InChI is InChI=1S/C25H30N2O6/c1-4-11-26-24(28)15(2)27-13-19(17-7-10-20-21(12-17)33-14-32-20)22(25(29)30)23(27)16-5-8-18(31-3)9-6-16/h5-10,12,15,19,22-23H,4,11,13-14H2,1-3H3,(H,26,28)(H,29,30). The number of hydrogen-bond donors (Lipinski definition) is 2. The van der Waals surface area contributed by atoms with Crippen LogP contribution >= 0.6 is 0 Å². The maximum absolute atomic E-state index is 12.9. The molecule has 0 bridgehead atoms. The smallest absolute Gasteiger partial charge is 0.309 e. The van der Waals surface area contributed by atoms with Crippen LogP contribution in [-0.2, 0) is 9.59 Å². The molecule has 8 nitrogen and oxygen atoms in total. The van der Waals surface area contributed by atoms with Crippen LogP contribution in [0.3, 0.4) is 0 Å². The summed E-state index contributed by atoms with van der Waals surface area (Å²) in [5.41, 5.74) is 1.69. The fourth-order valence-electron chi connectivity index (χ4n) is 4.79. The van der Waals surface area contributed by atoms with E-state index in [1.165, 1.54) is 0 Å². The fourth-order valence-corrected chi connectivity index (χ4v) is 4.79. The van der Waals surface area contributed by atoms with Crippen molar-refractivity contribution in [2.45, 2.75) is 38.3 Å². The van der Waals surface area contributed by atoms with Crippen molar-refractivity contribution >= 4 is 11.9 Å². The minimum absolute atomic E-state index is 0.106. The molecule has 33 heavy (non-hydrogen) atoms. The molecule has 0 radical (unpaired) electrons. The molecule has 2 aromatic rings. The van der Waals surface area contributed by atoms with Crippen LogP contribution < -0.4 is 19.5 Å². The van der Waals surface area contributed by atoms with Gasteiger partial charge in [-0.3, -0.25) is 14.5 Å². The molecule has 4 atom stereocenters. The van der Waals surface area contributed by atoms with Gasteiger partial charge >= 0.3 is 5.97 Å². The van der Waals surface area contributed by atoms with Gasteiger partial charge in [0.05, 0.1) is 19.1 Å². The van der Waals surface area contributed by atoms with E-state index in [9.17, 15) is 14.7 Å². The number of aliphatic carboxylic acids is 1. The van der Waals surface area contributed by atoms with Crippen molar-refractivity contribution in [2.75, 3.05) is 27.0 Å². The second-order valence-corrected chi connectivity index (χ2v) is 8.47. The van der Waals surface area contributed by atoms with E-state index < -0.39 is 24.0 Å². The normalized spacial score (nSPS) is 22.7. The molecule has 8 heteroatoms. The van der Waals surface area contributed by atoms with Crippen LogP contribution in [0.2, 0.25) is 0 Å². The Morgan fingerprint density at radius 1 is 1.15 bits per heavy atom. The lowest BCUT2D eigenvalue weighted by Crippen LogP contribution is -2.45. The molecule has 2 aromatic carbocycles. The van der Waals surface area contributed by atoms with E-state index in [0.717, 1.165) is 17.5 Å². The van der Waals surface area contributed by atoms with Crippen molar-refractivity contribution < 1.29 is 28.9 Å². The molecule has 2 heterocycles. The molecule has 2 N–H and O–H groups in total. The van der Waals surface area contributed by atoms with Gasteiger partial charge in [0.1, 0.15) is 5.75 Å². The van der Waals surface area contributed by atoms with Crippen LogP contribution in [-0.4, -0.2) is 54.9 Å². The second kappa shape index (κ2) is 9.70. The average Bonchev–Trinajstić information content (AvgIpc) is 3.46. The highest BCUT2D eigenvalue weighted by Crippen LogP contribution is 2.48. The zero-order valence-electron chi connectivity index (χ0n) is 19.1. The third-order valence-corrected chi connectivity index (χ3v) is 6.53. The number of hydrogen-bond acceptors (Lipinski definition) is 6. The van der Waals surface area contributed by atoms with Crippen molar-refractivity contribution in [2.24, 2.45) is 5.92 Å². The number of methoxy groups -OCH3 is 1. The van der Waals surface area contributed by atoms with E-state index in [1.807, 2.05) is 61.2 Å². The maximum Gasteiger partial charge on any atom is 0.309 e. The van der Waals surface area contributed by atoms with Gasteiger partial charge in [0.2, 0.25) is 12.7 Å². The number of nitrogens with zero attached hydrogens (tertiary/aromatic N) is 1. The summed E-state index contributed by atoms with van der Waals surface area (Å²) < 4.78 is 16.2. The first-order valence-corrected chi connectivity index (χ1v) is 11.2. The van der Waals surface area contributed by atoms with Crippen LogP contribution in [0, 0.1) is 5.92 Å². The molecule has 2 aliphatic heterocycles. The lowest BCUT2D eigenvalue weighted by molar-refractivity contribution is -0.143. The summed E-state index contributed by atoms with van der Waals surface area (Å²) in [5, 5.41) is 13.3. The number of amides is 1. The lowest BCUT2D eigenvalue weighted by atomic mass is 9.82. The number of rotatable bonds is 8. The van der Waals surface area contributed by atoms with E-state index in [4.69, 9.17) is 14.2 Å². The number of ether oxygens (including phenoxy) is 3. The predicted molar refractivity (Wildman–Crippen MR) is 122 cm³/mol. The van der Waals surface area contributed by atoms with Gasteiger partial charge in [-0.1, -0.05) is 25.1 Å². The molecular weight excluding hydrogens is 424 g/mol. The summed E-state index contributed by atoms with van der Waals surface area (Å²) in [6, 6.07) is 12.0. The van der Waals surface area contributed by atoms with Crippen LogP contribution in [0.5, 0.6) is 17.2 Å². The van der Waals surface area contributed by atoms with Crippen molar-refractivity contribution in [3.63, 3.8) is 0 Å². The molecule has 0 aromatic heterocycles. The number of nitrogens with one attached hydrogen (secondary N) is 1. The average molecular weight is 455 g/mol. The van der Waals surface area contributed by atoms with Crippen LogP contribution in [0.4, 0.5) is 0 Å². The summed E-state index contributed by atoms with van der Waals surface area (Å²) in [5.74, 6) is -0.126. The van der Waals surface area contributed by atoms with E-state index in [0.29, 0.717) is 30.3 Å². The largest absolute Gasteiger partial charge is 0.497 e. The van der Waals surface area contributed by atoms with Crippen molar-refractivity contribution in [3.05, 3.63) is 53.6 Å². The number of carbonyl (C=O) groups excluding carboxylic acids is 1. The Bertz CT molecular complexity index is 1010. The SMILES string of the molecule is CCCNC(=O)C(C)N1CC(c2ccc3c(c2)OCO3)C(C(=O)O)C1c1ccc(OC)cc1. The maximum atomic E-state index is 12.9. The Labute approximate surface area is 193 Å². The van der Waals surface area contributed by atoms with Gasteiger partial charge in [0.15, 0.2) is 11.5 Å². The molecule has 1 fully saturated rings. The van der Waals surface area contributed by atoms with E-state index >= 15 is 0 Å². The topological polar surface area (TPSA) is 97.3 Å². The molecule has 4 unspecified atom stereocenters. The van der Waals surface area contributed by atoms with Crippen LogP contribution in [0.15, 0.2) is 42.5 Å². The summed E-state index contributed by atoms with van der Waals surface area (Å²) in [7, 11) is 1.59. The van der Waals surface area contributed by atoms with E-state index in [-0.39, 0.29) is 18.6 Å². The summed E-state index contributed by atoms with van der Waals surface area (Å²) in [6.07, 6.45) is 0.831. The Balaban J connectivity index is 1.74. The minimum atomic E-state index is -0.901. The quantitative estimate of drug-likeness (QED) is 0.632. The molecule has 0 saturated carbocycles. The number of carboxylic acids is 1. The number of fused-ring (bicyclic) bond motifs is 1. The van der Waals surface area contributed by atoms with Gasteiger partial charge in [-0.05, 0) is 48.7 Å². The molecular formula is C25H30N2O6. The molecule has 0 spiro atoms. The first-order valence-electron chi connectivity index (χ1n) is 11.2. The van der Waals surface area contributed by atoms with Gasteiger partial charge in [-0.15, -0.1) is 0 Å². The van der Waals surface area contributed by atoms with Crippen molar-refractivity contribution in [1.29, 1.82) is 0 Å². The minimum Gasteiger partial charge on any atom is -0.497 e. The predicted octanol–water partition coefficient (Wildman–Crippen LogP) is 3.18. The first kappa shape index (κ1) is 22.9. The van der Waals surface area contributed by atoms with Gasteiger partial charge in [-0.2, -0.15) is 0 Å². The number of benzene rings is 2. The zero-order chi connectivity index (χ0) is 23.5. The third kappa shape index (κ3) is 4.48. The van der Waals surface area contributed by atoms with Crippen molar-refractivity contribution in [1.82, 2.24) is 10.2 Å². The second-order valence-electron chi connectivity index (χ2n) is 8.47. The molecule has 2 aliphatic rings. The molecule has 1 saturated heterocycles. The first-order chi connectivity index (χ1) is 15.9. The van der Waals surface area contributed by atoms with Gasteiger partial charge in [0.25, 0.3) is 0 Å². The molecule has 0 aliphatic carbocycles. The number of likely N-dealkylation sites (tertiary alicyclic amines) is 1. The van der Waals surface area contributed by atoms with Crippen LogP contribution in [0.25, 0.3) is 0 Å². The lowest BCUT2D eigenvalue weighted by Gasteiger charge is -2.31. The highest BCUT2D eigenvalue weighted by atomic mass is 16.7. The van der Waals surface area contributed by atoms with Crippen molar-refractivity contribution in [3.8, 4) is 17.2 Å². The Hall–Kier alpha value is -3.26. The Kier molecular flexibility index (Phi) is 6.74.